The van der Waals surface area contributed by atoms with Crippen LogP contribution in [0, 0.1) is 11.3 Å². The Morgan fingerprint density at radius 3 is 2.70 bits per heavy atom. The van der Waals surface area contributed by atoms with Crippen LogP contribution in [-0.2, 0) is 34.8 Å². The number of nitrogens with zero attached hydrogens (tertiary/aromatic N) is 4. The van der Waals surface area contributed by atoms with Gasteiger partial charge in [0.15, 0.2) is 0 Å². The average Bonchev–Trinajstić information content (AvgIpc) is 3.22. The fraction of sp³-hybridized carbons (Fsp3) is 0.333. The molecule has 0 amide bonds. The molecular weight excluding hydrogens is 440 g/mol. The van der Waals surface area contributed by atoms with Gasteiger partial charge in [-0.1, -0.05) is 30.3 Å². The minimum absolute atomic E-state index is 0.202. The van der Waals surface area contributed by atoms with Crippen LogP contribution < -0.4 is 4.74 Å². The number of methoxy groups -OCH3 is 1. The van der Waals surface area contributed by atoms with Gasteiger partial charge in [0.1, 0.15) is 18.5 Å². The summed E-state index contributed by atoms with van der Waals surface area (Å²) in [6, 6.07) is 14.8. The van der Waals surface area contributed by atoms with Gasteiger partial charge in [0.2, 0.25) is 10.0 Å². The van der Waals surface area contributed by atoms with Gasteiger partial charge in [-0.25, -0.2) is 13.4 Å². The van der Waals surface area contributed by atoms with E-state index in [1.807, 2.05) is 41.9 Å². The molecular formula is C24H26N4O4S. The normalized spacial score (nSPS) is 16.6. The second-order valence-electron chi connectivity index (χ2n) is 8.17. The van der Waals surface area contributed by atoms with E-state index in [1.54, 1.807) is 31.8 Å². The summed E-state index contributed by atoms with van der Waals surface area (Å²) in [7, 11) is -0.0295. The van der Waals surface area contributed by atoms with E-state index in [-0.39, 0.29) is 13.2 Å². The third-order valence-corrected chi connectivity index (χ3v) is 7.13. The van der Waals surface area contributed by atoms with E-state index in [0.29, 0.717) is 17.7 Å². The van der Waals surface area contributed by atoms with E-state index in [2.05, 4.69) is 11.1 Å². The molecule has 1 aliphatic heterocycles. The number of ether oxygens (including phenoxy) is 2. The topological polar surface area (TPSA) is 97.4 Å². The molecule has 172 valence electrons. The van der Waals surface area contributed by atoms with Gasteiger partial charge in [-0.3, -0.25) is 0 Å². The lowest BCUT2D eigenvalue weighted by atomic mass is 9.93. The number of sulfonamides is 1. The van der Waals surface area contributed by atoms with E-state index in [0.717, 1.165) is 22.4 Å². The van der Waals surface area contributed by atoms with Gasteiger partial charge in [0.25, 0.3) is 0 Å². The zero-order valence-electron chi connectivity index (χ0n) is 18.8. The summed E-state index contributed by atoms with van der Waals surface area (Å²) in [6.45, 7) is 0.456. The highest BCUT2D eigenvalue weighted by molar-refractivity contribution is 7.88. The van der Waals surface area contributed by atoms with Gasteiger partial charge in [-0.05, 0) is 29.7 Å². The van der Waals surface area contributed by atoms with Crippen molar-refractivity contribution in [3.05, 3.63) is 82.9 Å². The predicted molar refractivity (Wildman–Crippen MR) is 123 cm³/mol. The standard InChI is InChI=1S/C24H26N4O4S/c1-27-16-26-13-22(27)24(31-2)21-10-18(12-25)9-19-11-20(15-32-23(19)21)28(33(3,29)30)14-17-7-5-4-6-8-17/h4-10,13,16,20,24H,11,14-15H2,1-3H3. The molecule has 0 aliphatic carbocycles. The fourth-order valence-electron chi connectivity index (χ4n) is 4.29. The van der Waals surface area contributed by atoms with Gasteiger partial charge < -0.3 is 14.0 Å². The Kier molecular flexibility index (Phi) is 6.51. The minimum atomic E-state index is -3.50. The Morgan fingerprint density at radius 1 is 1.33 bits per heavy atom. The Bertz CT molecular complexity index is 1280. The molecule has 2 atom stereocenters. The number of nitriles is 1. The first-order valence-electron chi connectivity index (χ1n) is 10.5. The van der Waals surface area contributed by atoms with Crippen molar-refractivity contribution in [2.45, 2.75) is 25.1 Å². The van der Waals surface area contributed by atoms with Crippen LogP contribution in [0.15, 0.2) is 55.0 Å². The van der Waals surface area contributed by atoms with Crippen molar-refractivity contribution in [1.82, 2.24) is 13.9 Å². The van der Waals surface area contributed by atoms with Crippen LogP contribution in [0.3, 0.4) is 0 Å². The zero-order valence-corrected chi connectivity index (χ0v) is 19.6. The van der Waals surface area contributed by atoms with Crippen molar-refractivity contribution in [2.24, 2.45) is 7.05 Å². The molecule has 0 fully saturated rings. The van der Waals surface area contributed by atoms with Crippen molar-refractivity contribution >= 4 is 10.0 Å². The SMILES string of the molecule is COC(c1cc(C#N)cc2c1OCC(N(Cc1ccccc1)S(C)(=O)=O)C2)c1cncn1C. The highest BCUT2D eigenvalue weighted by atomic mass is 32.2. The third kappa shape index (κ3) is 4.78. The summed E-state index contributed by atoms with van der Waals surface area (Å²) >= 11 is 0. The maximum Gasteiger partial charge on any atom is 0.211 e. The van der Waals surface area contributed by atoms with Gasteiger partial charge in [0, 0.05) is 26.3 Å². The summed E-state index contributed by atoms with van der Waals surface area (Å²) in [4.78, 5) is 4.18. The first kappa shape index (κ1) is 23.0. The van der Waals surface area contributed by atoms with Gasteiger partial charge in [0.05, 0.1) is 42.1 Å². The second-order valence-corrected chi connectivity index (χ2v) is 10.1. The summed E-state index contributed by atoms with van der Waals surface area (Å²) in [6.07, 6.45) is 4.57. The van der Waals surface area contributed by atoms with Crippen LogP contribution >= 0.6 is 0 Å². The van der Waals surface area contributed by atoms with Gasteiger partial charge in [-0.2, -0.15) is 9.57 Å². The summed E-state index contributed by atoms with van der Waals surface area (Å²) < 4.78 is 40.6. The smallest absolute Gasteiger partial charge is 0.211 e. The fourth-order valence-corrected chi connectivity index (χ4v) is 5.35. The summed E-state index contributed by atoms with van der Waals surface area (Å²) in [5.41, 5.74) is 3.69. The molecule has 4 rings (SSSR count). The Hall–Kier alpha value is -3.19. The van der Waals surface area contributed by atoms with Crippen molar-refractivity contribution in [2.75, 3.05) is 20.0 Å². The van der Waals surface area contributed by atoms with Crippen molar-refractivity contribution in [1.29, 1.82) is 5.26 Å². The molecule has 0 bridgehead atoms. The molecule has 8 nitrogen and oxygen atoms in total. The number of imidazole rings is 1. The Labute approximate surface area is 194 Å². The number of hydrogen-bond acceptors (Lipinski definition) is 6. The molecule has 0 saturated carbocycles. The van der Waals surface area contributed by atoms with E-state index in [9.17, 15) is 13.7 Å². The molecule has 0 spiro atoms. The highest BCUT2D eigenvalue weighted by Gasteiger charge is 2.34. The number of aromatic nitrogens is 2. The Morgan fingerprint density at radius 2 is 2.09 bits per heavy atom. The molecule has 0 N–H and O–H groups in total. The van der Waals surface area contributed by atoms with Crippen molar-refractivity contribution in [3.63, 3.8) is 0 Å². The molecule has 9 heteroatoms. The minimum Gasteiger partial charge on any atom is -0.491 e. The molecule has 1 aromatic heterocycles. The second kappa shape index (κ2) is 9.35. The van der Waals surface area contributed by atoms with Crippen molar-refractivity contribution in [3.8, 4) is 11.8 Å². The number of rotatable bonds is 7. The molecule has 2 unspecified atom stereocenters. The Balaban J connectivity index is 1.72. The maximum absolute atomic E-state index is 12.7. The molecule has 2 aromatic carbocycles. The van der Waals surface area contributed by atoms with E-state index in [4.69, 9.17) is 9.47 Å². The van der Waals surface area contributed by atoms with Gasteiger partial charge in [-0.15, -0.1) is 0 Å². The first-order valence-corrected chi connectivity index (χ1v) is 12.4. The van der Waals surface area contributed by atoms with E-state index < -0.39 is 22.2 Å². The largest absolute Gasteiger partial charge is 0.491 e. The highest BCUT2D eigenvalue weighted by Crippen LogP contribution is 2.39. The quantitative estimate of drug-likeness (QED) is 0.531. The van der Waals surface area contributed by atoms with Crippen LogP contribution in [0.5, 0.6) is 5.75 Å². The monoisotopic (exact) mass is 466 g/mol. The molecule has 3 aromatic rings. The number of fused-ring (bicyclic) bond motifs is 1. The molecule has 2 heterocycles. The number of aryl methyl sites for hydroxylation is 1. The van der Waals surface area contributed by atoms with Crippen molar-refractivity contribution < 1.29 is 17.9 Å². The number of hydrogen-bond donors (Lipinski definition) is 0. The van der Waals surface area contributed by atoms with Crippen LogP contribution in [0.2, 0.25) is 0 Å². The predicted octanol–water partition coefficient (Wildman–Crippen LogP) is 2.79. The molecule has 1 aliphatic rings. The summed E-state index contributed by atoms with van der Waals surface area (Å²) in [5.74, 6) is 0.631. The average molecular weight is 467 g/mol. The van der Waals surface area contributed by atoms with Crippen LogP contribution in [0.4, 0.5) is 0 Å². The van der Waals surface area contributed by atoms with E-state index in [1.165, 1.54) is 10.6 Å². The molecule has 33 heavy (non-hydrogen) atoms. The number of benzene rings is 2. The zero-order chi connectivity index (χ0) is 23.6. The molecule has 0 radical (unpaired) electrons. The van der Waals surface area contributed by atoms with Gasteiger partial charge >= 0.3 is 0 Å². The first-order chi connectivity index (χ1) is 15.8. The lowest BCUT2D eigenvalue weighted by Crippen LogP contribution is -2.45. The van der Waals surface area contributed by atoms with Crippen LogP contribution in [0.1, 0.15) is 34.1 Å². The van der Waals surface area contributed by atoms with Crippen LogP contribution in [0.25, 0.3) is 0 Å². The van der Waals surface area contributed by atoms with Crippen LogP contribution in [-0.4, -0.2) is 48.3 Å². The summed E-state index contributed by atoms with van der Waals surface area (Å²) in [5, 5.41) is 9.65. The molecule has 0 saturated heterocycles. The lowest BCUT2D eigenvalue weighted by Gasteiger charge is -2.35. The van der Waals surface area contributed by atoms with E-state index >= 15 is 0 Å². The third-order valence-electron chi connectivity index (χ3n) is 5.85. The maximum atomic E-state index is 12.7. The lowest BCUT2D eigenvalue weighted by molar-refractivity contribution is 0.121.